The Morgan fingerprint density at radius 1 is 1.20 bits per heavy atom. The summed E-state index contributed by atoms with van der Waals surface area (Å²) >= 11 is 1.76. The predicted molar refractivity (Wildman–Crippen MR) is 73.6 cm³/mol. The fourth-order valence-electron chi connectivity index (χ4n) is 1.04. The van der Waals surface area contributed by atoms with Crippen molar-refractivity contribution in [2.75, 3.05) is 6.17 Å². The summed E-state index contributed by atoms with van der Waals surface area (Å²) < 4.78 is 0. The zero-order valence-corrected chi connectivity index (χ0v) is 11.8. The molecule has 82 valence electrons. The first kappa shape index (κ1) is 12.5. The molecule has 1 aromatic rings. The lowest BCUT2D eigenvalue weighted by atomic mass is 10.4. The number of aliphatic imine (C=N–C) groups is 1. The van der Waals surface area contributed by atoms with E-state index >= 15 is 0 Å². The van der Waals surface area contributed by atoms with E-state index in [1.807, 2.05) is 6.07 Å². The summed E-state index contributed by atoms with van der Waals surface area (Å²) in [5.41, 5.74) is 0. The quantitative estimate of drug-likeness (QED) is 0.334. The standard InChI is InChI=1S/C12H19NSSi/c1-11(13-10-15(2,3)4)14-12-8-6-5-7-9-12/h5-9H,10H2,1-4H3/b13-11+. The Kier molecular flexibility index (Phi) is 4.61. The Morgan fingerprint density at radius 3 is 2.33 bits per heavy atom. The summed E-state index contributed by atoms with van der Waals surface area (Å²) in [6.45, 7) is 9.13. The van der Waals surface area contributed by atoms with E-state index in [1.165, 1.54) is 9.94 Å². The van der Waals surface area contributed by atoms with Crippen LogP contribution < -0.4 is 0 Å². The van der Waals surface area contributed by atoms with Gasteiger partial charge in [-0.05, 0) is 19.1 Å². The van der Waals surface area contributed by atoms with E-state index in [1.54, 1.807) is 11.8 Å². The SMILES string of the molecule is C/C(=N\C[Si](C)(C)C)Sc1ccccc1. The normalized spacial score (nSPS) is 12.9. The zero-order chi connectivity index (χ0) is 11.3. The summed E-state index contributed by atoms with van der Waals surface area (Å²) in [6.07, 6.45) is 1.03. The van der Waals surface area contributed by atoms with Gasteiger partial charge in [-0.25, -0.2) is 0 Å². The van der Waals surface area contributed by atoms with Crippen molar-refractivity contribution in [2.24, 2.45) is 4.99 Å². The van der Waals surface area contributed by atoms with Crippen molar-refractivity contribution in [2.45, 2.75) is 31.5 Å². The molecule has 0 radical (unpaired) electrons. The van der Waals surface area contributed by atoms with E-state index in [-0.39, 0.29) is 0 Å². The highest BCUT2D eigenvalue weighted by molar-refractivity contribution is 8.13. The minimum atomic E-state index is -1.04. The molecule has 0 bridgehead atoms. The topological polar surface area (TPSA) is 12.4 Å². The van der Waals surface area contributed by atoms with E-state index in [2.05, 4.69) is 55.8 Å². The smallest absolute Gasteiger partial charge is 0.0692 e. The molecule has 0 atom stereocenters. The molecule has 0 aliphatic carbocycles. The van der Waals surface area contributed by atoms with Gasteiger partial charge in [-0.2, -0.15) is 0 Å². The average Bonchev–Trinajstić information content (AvgIpc) is 2.15. The van der Waals surface area contributed by atoms with Gasteiger partial charge in [0, 0.05) is 11.1 Å². The Labute approximate surface area is 98.0 Å². The fraction of sp³-hybridized carbons (Fsp3) is 0.417. The Balaban J connectivity index is 2.53. The number of hydrogen-bond acceptors (Lipinski definition) is 2. The van der Waals surface area contributed by atoms with Crippen LogP contribution in [-0.2, 0) is 0 Å². The first-order valence-corrected chi connectivity index (χ1v) is 9.74. The van der Waals surface area contributed by atoms with Crippen molar-refractivity contribution in [1.82, 2.24) is 0 Å². The molecule has 15 heavy (non-hydrogen) atoms. The molecule has 0 saturated carbocycles. The summed E-state index contributed by atoms with van der Waals surface area (Å²) in [4.78, 5) is 5.90. The van der Waals surface area contributed by atoms with Crippen LogP contribution in [0.25, 0.3) is 0 Å². The maximum atomic E-state index is 4.63. The van der Waals surface area contributed by atoms with Crippen molar-refractivity contribution >= 4 is 24.9 Å². The number of nitrogens with zero attached hydrogens (tertiary/aromatic N) is 1. The van der Waals surface area contributed by atoms with Gasteiger partial charge in [0.05, 0.1) is 13.1 Å². The zero-order valence-electron chi connectivity index (χ0n) is 9.95. The van der Waals surface area contributed by atoms with Gasteiger partial charge in [0.1, 0.15) is 0 Å². The molecule has 0 aliphatic rings. The summed E-state index contributed by atoms with van der Waals surface area (Å²) in [7, 11) is -1.04. The molecule has 0 aliphatic heterocycles. The van der Waals surface area contributed by atoms with Crippen molar-refractivity contribution in [3.8, 4) is 0 Å². The highest BCUT2D eigenvalue weighted by atomic mass is 32.2. The molecule has 0 N–H and O–H groups in total. The molecule has 0 saturated heterocycles. The monoisotopic (exact) mass is 237 g/mol. The molecule has 0 unspecified atom stereocenters. The minimum absolute atomic E-state index is 1.03. The van der Waals surface area contributed by atoms with E-state index in [0.717, 1.165) is 6.17 Å². The molecule has 3 heteroatoms. The molecule has 1 aromatic carbocycles. The second-order valence-electron chi connectivity index (χ2n) is 4.81. The van der Waals surface area contributed by atoms with Crippen LogP contribution in [0.15, 0.2) is 40.2 Å². The summed E-state index contributed by atoms with van der Waals surface area (Å²) in [5, 5.41) is 1.17. The predicted octanol–water partition coefficient (Wildman–Crippen LogP) is 4.07. The van der Waals surface area contributed by atoms with E-state index < -0.39 is 8.07 Å². The van der Waals surface area contributed by atoms with Crippen LogP contribution in [0.3, 0.4) is 0 Å². The molecular weight excluding hydrogens is 218 g/mol. The van der Waals surface area contributed by atoms with Gasteiger partial charge in [-0.15, -0.1) is 0 Å². The van der Waals surface area contributed by atoms with Gasteiger partial charge in [0.25, 0.3) is 0 Å². The molecular formula is C12H19NSSi. The second kappa shape index (κ2) is 5.52. The molecule has 0 heterocycles. The van der Waals surface area contributed by atoms with E-state index in [0.29, 0.717) is 0 Å². The van der Waals surface area contributed by atoms with Crippen molar-refractivity contribution < 1.29 is 0 Å². The lowest BCUT2D eigenvalue weighted by molar-refractivity contribution is 1.28. The third-order valence-electron chi connectivity index (χ3n) is 1.78. The maximum Gasteiger partial charge on any atom is 0.0692 e. The van der Waals surface area contributed by atoms with E-state index in [4.69, 9.17) is 0 Å². The Hall–Kier alpha value is -0.543. The van der Waals surface area contributed by atoms with Crippen molar-refractivity contribution in [1.29, 1.82) is 0 Å². The lowest BCUT2D eigenvalue weighted by Crippen LogP contribution is -2.25. The third-order valence-corrected chi connectivity index (χ3v) is 3.82. The van der Waals surface area contributed by atoms with Gasteiger partial charge >= 0.3 is 0 Å². The van der Waals surface area contributed by atoms with Gasteiger partial charge in [0.15, 0.2) is 0 Å². The number of benzene rings is 1. The highest BCUT2D eigenvalue weighted by Crippen LogP contribution is 2.19. The Bertz CT molecular complexity index is 327. The van der Waals surface area contributed by atoms with Crippen LogP contribution >= 0.6 is 11.8 Å². The first-order chi connectivity index (χ1) is 6.97. The summed E-state index contributed by atoms with van der Waals surface area (Å²) in [6, 6.07) is 10.4. The number of rotatable bonds is 3. The molecule has 0 amide bonds. The lowest BCUT2D eigenvalue weighted by Gasteiger charge is -2.12. The second-order valence-corrected chi connectivity index (χ2v) is 11.5. The fourth-order valence-corrected chi connectivity index (χ4v) is 2.63. The van der Waals surface area contributed by atoms with Gasteiger partial charge < -0.3 is 0 Å². The number of hydrogen-bond donors (Lipinski definition) is 0. The van der Waals surface area contributed by atoms with Crippen LogP contribution in [-0.4, -0.2) is 19.3 Å². The van der Waals surface area contributed by atoms with Crippen LogP contribution in [0.2, 0.25) is 19.6 Å². The Morgan fingerprint density at radius 2 is 1.80 bits per heavy atom. The third kappa shape index (κ3) is 5.80. The highest BCUT2D eigenvalue weighted by Gasteiger charge is 2.11. The maximum absolute atomic E-state index is 4.63. The summed E-state index contributed by atoms with van der Waals surface area (Å²) in [5.74, 6) is 0. The van der Waals surface area contributed by atoms with E-state index in [9.17, 15) is 0 Å². The van der Waals surface area contributed by atoms with Crippen LogP contribution in [0.4, 0.5) is 0 Å². The average molecular weight is 237 g/mol. The van der Waals surface area contributed by atoms with Crippen LogP contribution in [0, 0.1) is 0 Å². The van der Waals surface area contributed by atoms with Crippen LogP contribution in [0.1, 0.15) is 6.92 Å². The van der Waals surface area contributed by atoms with Gasteiger partial charge in [-0.1, -0.05) is 49.6 Å². The number of thioether (sulfide) groups is 1. The molecule has 0 aromatic heterocycles. The van der Waals surface area contributed by atoms with Crippen LogP contribution in [0.5, 0.6) is 0 Å². The first-order valence-electron chi connectivity index (χ1n) is 5.21. The van der Waals surface area contributed by atoms with Crippen molar-refractivity contribution in [3.05, 3.63) is 30.3 Å². The van der Waals surface area contributed by atoms with Gasteiger partial charge in [-0.3, -0.25) is 4.99 Å². The van der Waals surface area contributed by atoms with Crippen molar-refractivity contribution in [3.63, 3.8) is 0 Å². The minimum Gasteiger partial charge on any atom is -0.286 e. The largest absolute Gasteiger partial charge is 0.286 e. The molecule has 0 fully saturated rings. The van der Waals surface area contributed by atoms with Gasteiger partial charge in [0.2, 0.25) is 0 Å². The molecule has 0 spiro atoms. The molecule has 1 rings (SSSR count). The molecule has 1 nitrogen and oxygen atoms in total.